The summed E-state index contributed by atoms with van der Waals surface area (Å²) in [7, 11) is 1.57. The Hall–Kier alpha value is -2.79. The molecule has 4 rings (SSSR count). The van der Waals surface area contributed by atoms with Crippen molar-refractivity contribution in [1.82, 2.24) is 9.88 Å². The molecule has 0 radical (unpaired) electrons. The standard InChI is InChI=1S/C23H25ClN4O5S/c1-32-19-8-7-18(24)22-21(19)25-23(34-22)27(10-2-9-26-11-13-33-14-12-26)20(29)15-16-3-5-17(6-4-16)28(30)31/h3-8H,2,9-15H2,1H3. The quantitative estimate of drug-likeness (QED) is 0.318. The van der Waals surface area contributed by atoms with Crippen LogP contribution in [0.4, 0.5) is 10.8 Å². The molecule has 1 saturated heterocycles. The van der Waals surface area contributed by atoms with Crippen molar-refractivity contribution in [1.29, 1.82) is 0 Å². The average molecular weight is 505 g/mol. The van der Waals surface area contributed by atoms with E-state index in [-0.39, 0.29) is 18.0 Å². The highest BCUT2D eigenvalue weighted by Crippen LogP contribution is 2.39. The van der Waals surface area contributed by atoms with E-state index in [9.17, 15) is 14.9 Å². The number of hydrogen-bond donors (Lipinski definition) is 0. The monoisotopic (exact) mass is 504 g/mol. The number of aromatic nitrogens is 1. The minimum atomic E-state index is -0.457. The number of hydrogen-bond acceptors (Lipinski definition) is 8. The number of nitro benzene ring substituents is 1. The van der Waals surface area contributed by atoms with Crippen LogP contribution >= 0.6 is 22.9 Å². The zero-order chi connectivity index (χ0) is 24.1. The van der Waals surface area contributed by atoms with Gasteiger partial charge in [0.25, 0.3) is 5.69 Å². The summed E-state index contributed by atoms with van der Waals surface area (Å²) in [5.74, 6) is 0.461. The van der Waals surface area contributed by atoms with Crippen molar-refractivity contribution in [3.63, 3.8) is 0 Å². The highest BCUT2D eigenvalue weighted by atomic mass is 35.5. The molecular weight excluding hydrogens is 480 g/mol. The summed E-state index contributed by atoms with van der Waals surface area (Å²) in [4.78, 5) is 32.6. The molecule has 0 spiro atoms. The van der Waals surface area contributed by atoms with Gasteiger partial charge in [0, 0.05) is 38.3 Å². The number of fused-ring (bicyclic) bond motifs is 1. The van der Waals surface area contributed by atoms with E-state index in [1.165, 1.54) is 23.5 Å². The summed E-state index contributed by atoms with van der Waals surface area (Å²) < 4.78 is 11.6. The predicted molar refractivity (Wildman–Crippen MR) is 132 cm³/mol. The van der Waals surface area contributed by atoms with E-state index in [1.807, 2.05) is 0 Å². The smallest absolute Gasteiger partial charge is 0.269 e. The van der Waals surface area contributed by atoms with E-state index in [2.05, 4.69) is 4.90 Å². The lowest BCUT2D eigenvalue weighted by Crippen LogP contribution is -2.39. The molecule has 9 nitrogen and oxygen atoms in total. The van der Waals surface area contributed by atoms with Crippen LogP contribution in [0.3, 0.4) is 0 Å². The van der Waals surface area contributed by atoms with Crippen LogP contribution in [0.25, 0.3) is 10.2 Å². The Morgan fingerprint density at radius 1 is 1.26 bits per heavy atom. The fraction of sp³-hybridized carbons (Fsp3) is 0.391. The number of thiazole rings is 1. The van der Waals surface area contributed by atoms with Crippen molar-refractivity contribution < 1.29 is 19.2 Å². The van der Waals surface area contributed by atoms with Gasteiger partial charge in [-0.05, 0) is 24.1 Å². The van der Waals surface area contributed by atoms with Gasteiger partial charge in [0.05, 0.1) is 41.4 Å². The zero-order valence-corrected chi connectivity index (χ0v) is 20.3. The summed E-state index contributed by atoms with van der Waals surface area (Å²) in [5.41, 5.74) is 1.31. The summed E-state index contributed by atoms with van der Waals surface area (Å²) in [5, 5.41) is 12.0. The van der Waals surface area contributed by atoms with E-state index in [4.69, 9.17) is 26.1 Å². The number of nitro groups is 1. The number of morpholine rings is 1. The molecule has 2 heterocycles. The Morgan fingerprint density at radius 2 is 2.00 bits per heavy atom. The molecule has 180 valence electrons. The van der Waals surface area contributed by atoms with Crippen molar-refractivity contribution in [2.45, 2.75) is 12.8 Å². The highest BCUT2D eigenvalue weighted by molar-refractivity contribution is 7.23. The van der Waals surface area contributed by atoms with Crippen molar-refractivity contribution in [3.05, 3.63) is 57.1 Å². The topological polar surface area (TPSA) is 98.0 Å². The Morgan fingerprint density at radius 3 is 2.68 bits per heavy atom. The van der Waals surface area contributed by atoms with Gasteiger partial charge >= 0.3 is 0 Å². The largest absolute Gasteiger partial charge is 0.494 e. The molecule has 1 aliphatic rings. The second-order valence-corrected chi connectivity index (χ2v) is 9.26. The first-order chi connectivity index (χ1) is 16.5. The van der Waals surface area contributed by atoms with Crippen molar-refractivity contribution in [2.75, 3.05) is 51.4 Å². The number of benzene rings is 2. The van der Waals surface area contributed by atoms with Crippen LogP contribution in [0.1, 0.15) is 12.0 Å². The molecule has 2 aromatic carbocycles. The number of ether oxygens (including phenoxy) is 2. The molecule has 0 N–H and O–H groups in total. The number of non-ortho nitro benzene ring substituents is 1. The van der Waals surface area contributed by atoms with Gasteiger partial charge in [-0.1, -0.05) is 35.1 Å². The molecule has 1 aromatic heterocycles. The number of amides is 1. The van der Waals surface area contributed by atoms with Crippen LogP contribution < -0.4 is 9.64 Å². The summed E-state index contributed by atoms with van der Waals surface area (Å²) in [6.07, 6.45) is 0.878. The molecule has 1 fully saturated rings. The fourth-order valence-electron chi connectivity index (χ4n) is 3.83. The molecule has 11 heteroatoms. The molecule has 34 heavy (non-hydrogen) atoms. The van der Waals surface area contributed by atoms with Gasteiger partial charge < -0.3 is 9.47 Å². The van der Waals surface area contributed by atoms with Gasteiger partial charge in [0.15, 0.2) is 5.13 Å². The lowest BCUT2D eigenvalue weighted by Gasteiger charge is -2.27. The minimum Gasteiger partial charge on any atom is -0.494 e. The number of rotatable bonds is 9. The molecule has 0 bridgehead atoms. The van der Waals surface area contributed by atoms with Crippen LogP contribution in [-0.2, 0) is 16.0 Å². The maximum absolute atomic E-state index is 13.4. The Bertz CT molecular complexity index is 1160. The molecule has 0 aliphatic carbocycles. The van der Waals surface area contributed by atoms with Gasteiger partial charge in [-0.15, -0.1) is 0 Å². The second kappa shape index (κ2) is 11.1. The third-order valence-electron chi connectivity index (χ3n) is 5.66. The summed E-state index contributed by atoms with van der Waals surface area (Å²) in [6, 6.07) is 9.56. The third-order valence-corrected chi connectivity index (χ3v) is 7.20. The number of methoxy groups -OCH3 is 1. The molecule has 1 amide bonds. The maximum Gasteiger partial charge on any atom is 0.269 e. The predicted octanol–water partition coefficient (Wildman–Crippen LogP) is 4.16. The zero-order valence-electron chi connectivity index (χ0n) is 18.7. The summed E-state index contributed by atoms with van der Waals surface area (Å²) >= 11 is 7.75. The van der Waals surface area contributed by atoms with Crippen LogP contribution in [0.15, 0.2) is 36.4 Å². The Kier molecular flexibility index (Phi) is 7.94. The third kappa shape index (κ3) is 5.64. The highest BCUT2D eigenvalue weighted by Gasteiger charge is 2.23. The van der Waals surface area contributed by atoms with Crippen LogP contribution in [0.2, 0.25) is 5.02 Å². The van der Waals surface area contributed by atoms with Gasteiger partial charge in [0.2, 0.25) is 5.91 Å². The van der Waals surface area contributed by atoms with E-state index in [0.29, 0.717) is 33.5 Å². The first-order valence-electron chi connectivity index (χ1n) is 10.9. The van der Waals surface area contributed by atoms with E-state index < -0.39 is 4.92 Å². The molecule has 3 aromatic rings. The number of carbonyl (C=O) groups excluding carboxylic acids is 1. The van der Waals surface area contributed by atoms with E-state index in [0.717, 1.165) is 44.0 Å². The molecule has 0 unspecified atom stereocenters. The number of anilines is 1. The lowest BCUT2D eigenvalue weighted by molar-refractivity contribution is -0.384. The van der Waals surface area contributed by atoms with Gasteiger partial charge in [-0.25, -0.2) is 4.98 Å². The molecule has 1 aliphatic heterocycles. The van der Waals surface area contributed by atoms with Crippen LogP contribution in [0.5, 0.6) is 5.75 Å². The van der Waals surface area contributed by atoms with Crippen molar-refractivity contribution in [2.24, 2.45) is 0 Å². The van der Waals surface area contributed by atoms with Gasteiger partial charge in [0.1, 0.15) is 11.3 Å². The maximum atomic E-state index is 13.4. The SMILES string of the molecule is COc1ccc(Cl)c2sc(N(CCCN3CCOCC3)C(=O)Cc3ccc([N+](=O)[O-])cc3)nc12. The minimum absolute atomic E-state index is 0.00789. The normalized spacial score (nSPS) is 14.3. The van der Waals surface area contributed by atoms with Gasteiger partial charge in [-0.2, -0.15) is 0 Å². The number of halogens is 1. The van der Waals surface area contributed by atoms with Gasteiger partial charge in [-0.3, -0.25) is 24.7 Å². The van der Waals surface area contributed by atoms with Crippen molar-refractivity contribution in [3.8, 4) is 5.75 Å². The van der Waals surface area contributed by atoms with Crippen LogP contribution in [0, 0.1) is 10.1 Å². The molecule has 0 atom stereocenters. The molecular formula is C23H25ClN4O5S. The average Bonchev–Trinajstić information content (AvgIpc) is 3.29. The van der Waals surface area contributed by atoms with E-state index >= 15 is 0 Å². The number of nitrogens with zero attached hydrogens (tertiary/aromatic N) is 4. The first kappa shape index (κ1) is 24.3. The van der Waals surface area contributed by atoms with Crippen molar-refractivity contribution >= 4 is 49.9 Å². The summed E-state index contributed by atoms with van der Waals surface area (Å²) in [6.45, 7) is 4.54. The number of carbonyl (C=O) groups is 1. The fourth-order valence-corrected chi connectivity index (χ4v) is 5.13. The first-order valence-corrected chi connectivity index (χ1v) is 12.1. The Labute approximate surface area is 206 Å². The molecule has 0 saturated carbocycles. The lowest BCUT2D eigenvalue weighted by atomic mass is 10.1. The Balaban J connectivity index is 1.56. The van der Waals surface area contributed by atoms with Crippen LogP contribution in [-0.4, -0.2) is 67.2 Å². The van der Waals surface area contributed by atoms with E-state index in [1.54, 1.807) is 36.3 Å². The second-order valence-electron chi connectivity index (χ2n) is 7.88.